The molecule has 0 bridgehead atoms. The van der Waals surface area contributed by atoms with E-state index in [1.807, 2.05) is 0 Å². The Bertz CT molecular complexity index is 1430. The van der Waals surface area contributed by atoms with Crippen LogP contribution in [0.4, 0.5) is 32.3 Å². The van der Waals surface area contributed by atoms with Gasteiger partial charge in [0, 0.05) is 32.8 Å². The van der Waals surface area contributed by atoms with Crippen molar-refractivity contribution in [2.24, 2.45) is 0 Å². The SMILES string of the molecule is O=C(Nc1ccc(Cl)cc1)Nc1cccc(S(=O)(=O)c2cccc(NC(=O)Nc3ccc(Cl)cc3)c2)c1. The predicted octanol–water partition coefficient (Wildman–Crippen LogP) is 7.11. The smallest absolute Gasteiger partial charge is 0.308 e. The van der Waals surface area contributed by atoms with Crippen LogP contribution in [-0.4, -0.2) is 20.5 Å². The van der Waals surface area contributed by atoms with Gasteiger partial charge in [-0.2, -0.15) is 0 Å². The molecule has 4 aromatic rings. The third kappa shape index (κ3) is 7.01. The van der Waals surface area contributed by atoms with Gasteiger partial charge in [-0.15, -0.1) is 0 Å². The molecule has 0 aliphatic rings. The number of nitrogens with one attached hydrogen (secondary N) is 4. The van der Waals surface area contributed by atoms with Gasteiger partial charge in [0.05, 0.1) is 9.79 Å². The highest BCUT2D eigenvalue weighted by molar-refractivity contribution is 7.91. The van der Waals surface area contributed by atoms with Crippen LogP contribution in [0.15, 0.2) is 107 Å². The summed E-state index contributed by atoms with van der Waals surface area (Å²) in [4.78, 5) is 24.6. The average molecular weight is 555 g/mol. The lowest BCUT2D eigenvalue weighted by Crippen LogP contribution is -2.19. The lowest BCUT2D eigenvalue weighted by molar-refractivity contribution is 0.261. The number of benzene rings is 4. The summed E-state index contributed by atoms with van der Waals surface area (Å²) in [5.41, 5.74) is 1.61. The highest BCUT2D eigenvalue weighted by Gasteiger charge is 2.19. The van der Waals surface area contributed by atoms with E-state index in [1.165, 1.54) is 36.4 Å². The van der Waals surface area contributed by atoms with Gasteiger partial charge in [-0.05, 0) is 84.9 Å². The van der Waals surface area contributed by atoms with Gasteiger partial charge in [-0.3, -0.25) is 0 Å². The van der Waals surface area contributed by atoms with Gasteiger partial charge in [0.15, 0.2) is 0 Å². The molecule has 0 heterocycles. The van der Waals surface area contributed by atoms with Gasteiger partial charge in [-0.1, -0.05) is 35.3 Å². The fourth-order valence-electron chi connectivity index (χ4n) is 3.27. The maximum Gasteiger partial charge on any atom is 0.323 e. The van der Waals surface area contributed by atoms with Crippen LogP contribution in [0.5, 0.6) is 0 Å². The van der Waals surface area contributed by atoms with E-state index in [0.717, 1.165) is 0 Å². The lowest BCUT2D eigenvalue weighted by atomic mass is 10.3. The van der Waals surface area contributed by atoms with Crippen LogP contribution in [0, 0.1) is 0 Å². The zero-order valence-electron chi connectivity index (χ0n) is 19.0. The molecule has 0 radical (unpaired) electrons. The third-order valence-corrected chi connectivity index (χ3v) is 7.26. The van der Waals surface area contributed by atoms with Crippen LogP contribution < -0.4 is 21.3 Å². The number of rotatable bonds is 6. The van der Waals surface area contributed by atoms with Gasteiger partial charge in [0.25, 0.3) is 0 Å². The van der Waals surface area contributed by atoms with Crippen molar-refractivity contribution in [2.75, 3.05) is 21.3 Å². The number of sulfone groups is 1. The first-order valence-electron chi connectivity index (χ1n) is 10.8. The summed E-state index contributed by atoms with van der Waals surface area (Å²) in [6.07, 6.45) is 0. The van der Waals surface area contributed by atoms with E-state index in [9.17, 15) is 18.0 Å². The maximum atomic E-state index is 13.3. The molecule has 4 N–H and O–H groups in total. The van der Waals surface area contributed by atoms with Crippen molar-refractivity contribution in [1.29, 1.82) is 0 Å². The first-order chi connectivity index (χ1) is 17.7. The molecule has 0 spiro atoms. The van der Waals surface area contributed by atoms with Gasteiger partial charge in [0.1, 0.15) is 0 Å². The number of carbonyl (C=O) groups is 2. The molecule has 8 nitrogen and oxygen atoms in total. The minimum atomic E-state index is -3.96. The Morgan fingerprint density at radius 3 is 1.24 bits per heavy atom. The summed E-state index contributed by atoms with van der Waals surface area (Å²) in [6, 6.07) is 23.7. The molecule has 11 heteroatoms. The Kier molecular flexibility index (Phi) is 7.98. The normalized spacial score (nSPS) is 10.9. The molecule has 188 valence electrons. The van der Waals surface area contributed by atoms with E-state index in [0.29, 0.717) is 21.4 Å². The Labute approximate surface area is 223 Å². The summed E-state index contributed by atoms with van der Waals surface area (Å²) in [6.45, 7) is 0. The molecule has 0 aliphatic carbocycles. The Morgan fingerprint density at radius 1 is 0.514 bits per heavy atom. The number of urea groups is 2. The first kappa shape index (κ1) is 26.0. The highest BCUT2D eigenvalue weighted by atomic mass is 35.5. The second kappa shape index (κ2) is 11.3. The number of anilines is 4. The summed E-state index contributed by atoms with van der Waals surface area (Å²) in [7, 11) is -3.96. The fourth-order valence-corrected chi connectivity index (χ4v) is 4.88. The molecular weight excluding hydrogens is 535 g/mol. The highest BCUT2D eigenvalue weighted by Crippen LogP contribution is 2.26. The van der Waals surface area contributed by atoms with Crippen LogP contribution in [0.3, 0.4) is 0 Å². The number of carbonyl (C=O) groups excluding carboxylic acids is 2. The summed E-state index contributed by atoms with van der Waals surface area (Å²) in [5, 5.41) is 11.6. The molecule has 4 amide bonds. The van der Waals surface area contributed by atoms with E-state index in [4.69, 9.17) is 23.2 Å². The Hall–Kier alpha value is -4.05. The van der Waals surface area contributed by atoms with Gasteiger partial charge >= 0.3 is 12.1 Å². The fraction of sp³-hybridized carbons (Fsp3) is 0. The molecule has 0 saturated carbocycles. The molecule has 4 rings (SSSR count). The Balaban J connectivity index is 1.46. The first-order valence-corrected chi connectivity index (χ1v) is 13.1. The van der Waals surface area contributed by atoms with E-state index in [1.54, 1.807) is 60.7 Å². The molecule has 4 aromatic carbocycles. The van der Waals surface area contributed by atoms with Crippen LogP contribution in [0.25, 0.3) is 0 Å². The number of hydrogen-bond acceptors (Lipinski definition) is 4. The van der Waals surface area contributed by atoms with Crippen molar-refractivity contribution in [3.63, 3.8) is 0 Å². The monoisotopic (exact) mass is 554 g/mol. The number of halogens is 2. The zero-order valence-corrected chi connectivity index (χ0v) is 21.4. The minimum Gasteiger partial charge on any atom is -0.308 e. The largest absolute Gasteiger partial charge is 0.323 e. The molecular formula is C26H20Cl2N4O4S. The van der Waals surface area contributed by atoms with Crippen molar-refractivity contribution < 1.29 is 18.0 Å². The third-order valence-electron chi connectivity index (χ3n) is 5.01. The molecule has 0 unspecified atom stereocenters. The zero-order chi connectivity index (χ0) is 26.4. The van der Waals surface area contributed by atoms with Crippen molar-refractivity contribution in [3.8, 4) is 0 Å². The van der Waals surface area contributed by atoms with Crippen LogP contribution in [-0.2, 0) is 9.84 Å². The topological polar surface area (TPSA) is 116 Å². The predicted molar refractivity (Wildman–Crippen MR) is 147 cm³/mol. The van der Waals surface area contributed by atoms with Crippen molar-refractivity contribution in [2.45, 2.75) is 9.79 Å². The quantitative estimate of drug-likeness (QED) is 0.203. The van der Waals surface area contributed by atoms with E-state index in [-0.39, 0.29) is 21.2 Å². The maximum absolute atomic E-state index is 13.3. The molecule has 0 saturated heterocycles. The Morgan fingerprint density at radius 2 is 0.865 bits per heavy atom. The molecule has 0 fully saturated rings. The summed E-state index contributed by atoms with van der Waals surface area (Å²) < 4.78 is 26.5. The number of amides is 4. The van der Waals surface area contributed by atoms with Gasteiger partial charge < -0.3 is 21.3 Å². The molecule has 37 heavy (non-hydrogen) atoms. The molecule has 0 aromatic heterocycles. The number of hydrogen-bond donors (Lipinski definition) is 4. The van der Waals surface area contributed by atoms with Gasteiger partial charge in [0.2, 0.25) is 9.84 Å². The van der Waals surface area contributed by atoms with Crippen molar-refractivity contribution in [1.82, 2.24) is 0 Å². The summed E-state index contributed by atoms with van der Waals surface area (Å²) in [5.74, 6) is 0. The van der Waals surface area contributed by atoms with Crippen LogP contribution >= 0.6 is 23.2 Å². The summed E-state index contributed by atoms with van der Waals surface area (Å²) >= 11 is 11.7. The second-order valence-corrected chi connectivity index (χ2v) is 10.6. The van der Waals surface area contributed by atoms with Gasteiger partial charge in [-0.25, -0.2) is 18.0 Å². The second-order valence-electron chi connectivity index (χ2n) is 7.73. The van der Waals surface area contributed by atoms with Crippen LogP contribution in [0.1, 0.15) is 0 Å². The molecule has 0 aliphatic heterocycles. The van der Waals surface area contributed by atoms with Crippen molar-refractivity contribution in [3.05, 3.63) is 107 Å². The molecule has 0 atom stereocenters. The van der Waals surface area contributed by atoms with Crippen LogP contribution in [0.2, 0.25) is 10.0 Å². The van der Waals surface area contributed by atoms with E-state index >= 15 is 0 Å². The minimum absolute atomic E-state index is 0.0282. The van der Waals surface area contributed by atoms with E-state index < -0.39 is 21.9 Å². The van der Waals surface area contributed by atoms with Crippen molar-refractivity contribution >= 4 is 67.9 Å². The lowest BCUT2D eigenvalue weighted by Gasteiger charge is -2.11. The standard InChI is InChI=1S/C26H20Cl2N4O4S/c27-17-7-11-19(12-8-17)29-25(33)31-21-3-1-5-23(15-21)37(35,36)24-6-2-4-22(16-24)32-26(34)30-20-13-9-18(28)10-14-20/h1-16H,(H2,29,31,33)(H2,30,32,34). The van der Waals surface area contributed by atoms with E-state index in [2.05, 4.69) is 21.3 Å². The average Bonchev–Trinajstić information content (AvgIpc) is 2.87.